The van der Waals surface area contributed by atoms with Gasteiger partial charge in [0.2, 0.25) is 0 Å². The molecule has 0 radical (unpaired) electrons. The van der Waals surface area contributed by atoms with Crippen molar-refractivity contribution >= 4 is 29.1 Å². The third-order valence-electron chi connectivity index (χ3n) is 2.89. The third-order valence-corrected chi connectivity index (χ3v) is 3.20. The molecular formula is C15H18ClN5O. The molecule has 2 aromatic rings. The third kappa shape index (κ3) is 4.89. The van der Waals surface area contributed by atoms with E-state index in [4.69, 9.17) is 11.6 Å². The number of hydrogen-bond acceptors (Lipinski definition) is 4. The fraction of sp³-hybridized carbons (Fsp3) is 0.267. The minimum atomic E-state index is -0.303. The summed E-state index contributed by atoms with van der Waals surface area (Å²) in [5.41, 5.74) is 2.49. The lowest BCUT2D eigenvalue weighted by Gasteiger charge is -2.10. The summed E-state index contributed by atoms with van der Waals surface area (Å²) >= 11 is 6.06. The van der Waals surface area contributed by atoms with E-state index < -0.39 is 0 Å². The number of urea groups is 1. The molecule has 0 aliphatic heterocycles. The first-order valence-corrected chi connectivity index (χ1v) is 7.27. The zero-order chi connectivity index (χ0) is 15.9. The number of carbonyl (C=O) groups is 1. The molecule has 116 valence electrons. The van der Waals surface area contributed by atoms with Gasteiger partial charge < -0.3 is 16.0 Å². The van der Waals surface area contributed by atoms with Gasteiger partial charge in [0.1, 0.15) is 5.82 Å². The van der Waals surface area contributed by atoms with Crippen molar-refractivity contribution in [3.63, 3.8) is 0 Å². The Morgan fingerprint density at radius 1 is 1.14 bits per heavy atom. The van der Waals surface area contributed by atoms with Crippen LogP contribution in [0, 0.1) is 13.8 Å². The predicted molar refractivity (Wildman–Crippen MR) is 88.5 cm³/mol. The van der Waals surface area contributed by atoms with E-state index in [2.05, 4.69) is 26.1 Å². The van der Waals surface area contributed by atoms with E-state index >= 15 is 0 Å². The maximum atomic E-state index is 11.8. The Morgan fingerprint density at radius 2 is 1.95 bits per heavy atom. The van der Waals surface area contributed by atoms with Crippen molar-refractivity contribution < 1.29 is 4.79 Å². The number of aromatic nitrogens is 2. The average Bonchev–Trinajstić information content (AvgIpc) is 2.48. The minimum Gasteiger partial charge on any atom is -0.367 e. The van der Waals surface area contributed by atoms with Crippen molar-refractivity contribution in [2.75, 3.05) is 23.7 Å². The average molecular weight is 320 g/mol. The van der Waals surface area contributed by atoms with Crippen LogP contribution in [0.2, 0.25) is 5.02 Å². The molecule has 0 aliphatic carbocycles. The van der Waals surface area contributed by atoms with Crippen LogP contribution in [0.1, 0.15) is 11.3 Å². The standard InChI is InChI=1S/C15H18ClN5O/c1-10-3-5-13(12(16)9-10)19-15(22)18-8-7-17-14-6-4-11(2)20-21-14/h3-6,9H,7-8H2,1-2H3,(H,17,21)(H2,18,19,22). The molecule has 7 heteroatoms. The first-order valence-electron chi connectivity index (χ1n) is 6.90. The van der Waals surface area contributed by atoms with Gasteiger partial charge in [0.15, 0.2) is 0 Å². The minimum absolute atomic E-state index is 0.303. The Bertz CT molecular complexity index is 645. The number of aryl methyl sites for hydroxylation is 2. The molecule has 1 heterocycles. The number of anilines is 2. The van der Waals surface area contributed by atoms with Gasteiger partial charge in [-0.3, -0.25) is 0 Å². The number of amides is 2. The lowest BCUT2D eigenvalue weighted by Crippen LogP contribution is -2.32. The molecular weight excluding hydrogens is 302 g/mol. The van der Waals surface area contributed by atoms with Crippen molar-refractivity contribution in [3.05, 3.63) is 46.6 Å². The molecule has 1 aromatic carbocycles. The molecule has 0 unspecified atom stereocenters. The van der Waals surface area contributed by atoms with E-state index in [1.807, 2.05) is 32.0 Å². The molecule has 3 N–H and O–H groups in total. The number of carbonyl (C=O) groups excluding carboxylic acids is 1. The topological polar surface area (TPSA) is 78.9 Å². The largest absolute Gasteiger partial charge is 0.367 e. The molecule has 0 saturated heterocycles. The quantitative estimate of drug-likeness (QED) is 0.740. The highest BCUT2D eigenvalue weighted by Gasteiger charge is 2.05. The highest BCUT2D eigenvalue weighted by Crippen LogP contribution is 2.22. The number of rotatable bonds is 5. The molecule has 2 amide bonds. The summed E-state index contributed by atoms with van der Waals surface area (Å²) < 4.78 is 0. The van der Waals surface area contributed by atoms with Crippen molar-refractivity contribution in [2.45, 2.75) is 13.8 Å². The van der Waals surface area contributed by atoms with Crippen LogP contribution >= 0.6 is 11.6 Å². The summed E-state index contributed by atoms with van der Waals surface area (Å²) in [4.78, 5) is 11.8. The van der Waals surface area contributed by atoms with E-state index in [9.17, 15) is 4.79 Å². The number of nitrogens with one attached hydrogen (secondary N) is 3. The summed E-state index contributed by atoms with van der Waals surface area (Å²) in [5, 5.41) is 16.9. The number of benzene rings is 1. The van der Waals surface area contributed by atoms with Crippen LogP contribution < -0.4 is 16.0 Å². The predicted octanol–water partition coefficient (Wildman–Crippen LogP) is 2.98. The zero-order valence-corrected chi connectivity index (χ0v) is 13.2. The Balaban J connectivity index is 1.72. The van der Waals surface area contributed by atoms with E-state index in [-0.39, 0.29) is 6.03 Å². The van der Waals surface area contributed by atoms with Gasteiger partial charge in [0, 0.05) is 13.1 Å². The highest BCUT2D eigenvalue weighted by atomic mass is 35.5. The van der Waals surface area contributed by atoms with Crippen LogP contribution in [-0.2, 0) is 0 Å². The van der Waals surface area contributed by atoms with Gasteiger partial charge >= 0.3 is 6.03 Å². The van der Waals surface area contributed by atoms with Crippen LogP contribution in [0.4, 0.5) is 16.3 Å². The van der Waals surface area contributed by atoms with Crippen LogP contribution in [0.3, 0.4) is 0 Å². The Hall–Kier alpha value is -2.34. The zero-order valence-electron chi connectivity index (χ0n) is 12.5. The second-order valence-corrected chi connectivity index (χ2v) is 5.26. The molecule has 0 spiro atoms. The smallest absolute Gasteiger partial charge is 0.319 e. The molecule has 0 fully saturated rings. The summed E-state index contributed by atoms with van der Waals surface area (Å²) in [7, 11) is 0. The number of nitrogens with zero attached hydrogens (tertiary/aromatic N) is 2. The summed E-state index contributed by atoms with van der Waals surface area (Å²) in [5.74, 6) is 0.675. The van der Waals surface area contributed by atoms with Gasteiger partial charge in [0.05, 0.1) is 16.4 Å². The number of halogens is 1. The molecule has 1 aromatic heterocycles. The van der Waals surface area contributed by atoms with Crippen molar-refractivity contribution in [2.24, 2.45) is 0 Å². The van der Waals surface area contributed by atoms with Crippen molar-refractivity contribution in [1.82, 2.24) is 15.5 Å². The molecule has 2 rings (SSSR count). The molecule has 0 bridgehead atoms. The van der Waals surface area contributed by atoms with Crippen LogP contribution in [0.5, 0.6) is 0 Å². The first-order chi connectivity index (χ1) is 10.5. The molecule has 22 heavy (non-hydrogen) atoms. The van der Waals surface area contributed by atoms with Crippen molar-refractivity contribution in [3.8, 4) is 0 Å². The van der Waals surface area contributed by atoms with Crippen LogP contribution in [0.15, 0.2) is 30.3 Å². The molecule has 6 nitrogen and oxygen atoms in total. The SMILES string of the molecule is Cc1ccc(NC(=O)NCCNc2ccc(C)nn2)c(Cl)c1. The molecule has 0 atom stereocenters. The maximum absolute atomic E-state index is 11.8. The fourth-order valence-electron chi connectivity index (χ4n) is 1.75. The summed E-state index contributed by atoms with van der Waals surface area (Å²) in [6.07, 6.45) is 0. The Morgan fingerprint density at radius 3 is 2.64 bits per heavy atom. The van der Waals surface area contributed by atoms with Gasteiger partial charge in [0.25, 0.3) is 0 Å². The first kappa shape index (κ1) is 16.0. The van der Waals surface area contributed by atoms with Gasteiger partial charge in [-0.15, -0.1) is 5.10 Å². The van der Waals surface area contributed by atoms with Gasteiger partial charge in [-0.1, -0.05) is 17.7 Å². The van der Waals surface area contributed by atoms with E-state index in [0.29, 0.717) is 29.6 Å². The van der Waals surface area contributed by atoms with Gasteiger partial charge in [-0.25, -0.2) is 4.79 Å². The monoisotopic (exact) mass is 319 g/mol. The summed E-state index contributed by atoms with van der Waals surface area (Å²) in [6, 6.07) is 8.87. The lowest BCUT2D eigenvalue weighted by atomic mass is 10.2. The Labute approximate surface area is 134 Å². The van der Waals surface area contributed by atoms with Crippen molar-refractivity contribution in [1.29, 1.82) is 0 Å². The van der Waals surface area contributed by atoms with Crippen LogP contribution in [0.25, 0.3) is 0 Å². The summed E-state index contributed by atoms with van der Waals surface area (Å²) in [6.45, 7) is 4.81. The second kappa shape index (κ2) is 7.61. The molecule has 0 aliphatic rings. The lowest BCUT2D eigenvalue weighted by molar-refractivity contribution is 0.252. The fourth-order valence-corrected chi connectivity index (χ4v) is 2.03. The van der Waals surface area contributed by atoms with Crippen LogP contribution in [-0.4, -0.2) is 29.3 Å². The van der Waals surface area contributed by atoms with E-state index in [1.165, 1.54) is 0 Å². The second-order valence-electron chi connectivity index (χ2n) is 4.85. The van der Waals surface area contributed by atoms with Gasteiger partial charge in [-0.05, 0) is 43.7 Å². The van der Waals surface area contributed by atoms with E-state index in [1.54, 1.807) is 12.1 Å². The normalized spacial score (nSPS) is 10.1. The maximum Gasteiger partial charge on any atom is 0.319 e. The molecule has 0 saturated carbocycles. The Kier molecular flexibility index (Phi) is 5.55. The van der Waals surface area contributed by atoms with E-state index in [0.717, 1.165) is 11.3 Å². The van der Waals surface area contributed by atoms with Gasteiger partial charge in [-0.2, -0.15) is 5.10 Å². The highest BCUT2D eigenvalue weighted by molar-refractivity contribution is 6.33. The number of hydrogen-bond donors (Lipinski definition) is 3.